The van der Waals surface area contributed by atoms with Crippen molar-refractivity contribution in [2.75, 3.05) is 18.0 Å². The van der Waals surface area contributed by atoms with Crippen LogP contribution in [0.4, 0.5) is 10.1 Å². The van der Waals surface area contributed by atoms with E-state index in [1.54, 1.807) is 30.0 Å². The molecule has 8 heteroatoms. The number of hydrogen-bond acceptors (Lipinski definition) is 3. The smallest absolute Gasteiger partial charge is 0.245 e. The van der Waals surface area contributed by atoms with Gasteiger partial charge in [0.15, 0.2) is 0 Å². The van der Waals surface area contributed by atoms with Gasteiger partial charge in [0.1, 0.15) is 11.9 Å². The van der Waals surface area contributed by atoms with Crippen molar-refractivity contribution >= 4 is 33.2 Å². The van der Waals surface area contributed by atoms with E-state index in [0.717, 1.165) is 22.0 Å². The molecule has 1 unspecified atom stereocenters. The molecular formula is C18H18ClFN2O3S. The summed E-state index contributed by atoms with van der Waals surface area (Å²) in [5.74, 6) is -0.830. The lowest BCUT2D eigenvalue weighted by molar-refractivity contribution is -0.123. The number of amides is 1. The molecule has 2 aromatic rings. The van der Waals surface area contributed by atoms with Crippen LogP contribution in [-0.2, 0) is 14.8 Å². The minimum atomic E-state index is -3.89. The van der Waals surface area contributed by atoms with Crippen molar-refractivity contribution in [3.63, 3.8) is 0 Å². The summed E-state index contributed by atoms with van der Waals surface area (Å²) in [6.45, 7) is 3.78. The summed E-state index contributed by atoms with van der Waals surface area (Å²) in [7, 11) is -3.89. The highest BCUT2D eigenvalue weighted by atomic mass is 35.5. The van der Waals surface area contributed by atoms with Gasteiger partial charge in [-0.1, -0.05) is 11.6 Å². The van der Waals surface area contributed by atoms with Crippen LogP contribution >= 0.6 is 11.6 Å². The number of benzene rings is 2. The molecule has 1 aliphatic heterocycles. The van der Waals surface area contributed by atoms with Crippen molar-refractivity contribution in [2.24, 2.45) is 0 Å². The van der Waals surface area contributed by atoms with Crippen molar-refractivity contribution in [2.45, 2.75) is 24.8 Å². The molecule has 0 aromatic heterocycles. The lowest BCUT2D eigenvalue weighted by atomic mass is 10.1. The third-order valence-corrected chi connectivity index (χ3v) is 6.69. The number of carbonyl (C=O) groups excluding carboxylic acids is 1. The fourth-order valence-corrected chi connectivity index (χ4v) is 4.89. The van der Waals surface area contributed by atoms with E-state index >= 15 is 0 Å². The van der Waals surface area contributed by atoms with Crippen molar-refractivity contribution in [1.29, 1.82) is 0 Å². The first-order valence-corrected chi connectivity index (χ1v) is 9.88. The Bertz CT molecular complexity index is 947. The number of nitrogens with zero attached hydrogens (tertiary/aromatic N) is 2. The van der Waals surface area contributed by atoms with Crippen LogP contribution in [-0.4, -0.2) is 37.8 Å². The van der Waals surface area contributed by atoms with Crippen molar-refractivity contribution < 1.29 is 17.6 Å². The minimum absolute atomic E-state index is 0.0327. The zero-order valence-corrected chi connectivity index (χ0v) is 15.9. The van der Waals surface area contributed by atoms with Crippen LogP contribution in [0.5, 0.6) is 0 Å². The largest absolute Gasteiger partial charge is 0.309 e. The Morgan fingerprint density at radius 1 is 1.12 bits per heavy atom. The summed E-state index contributed by atoms with van der Waals surface area (Å²) in [5.41, 5.74) is 1.55. The van der Waals surface area contributed by atoms with Gasteiger partial charge < -0.3 is 4.90 Å². The Labute approximate surface area is 157 Å². The molecule has 3 rings (SSSR count). The number of hydrogen-bond donors (Lipinski definition) is 0. The van der Waals surface area contributed by atoms with Crippen molar-refractivity contribution in [3.05, 3.63) is 58.9 Å². The average Bonchev–Trinajstić information content (AvgIpc) is 2.58. The highest BCUT2D eigenvalue weighted by Gasteiger charge is 2.39. The van der Waals surface area contributed by atoms with Crippen molar-refractivity contribution in [1.82, 2.24) is 4.31 Å². The number of carbonyl (C=O) groups is 1. The fraction of sp³-hybridized carbons (Fsp3) is 0.278. The third-order valence-electron chi connectivity index (χ3n) is 4.47. The molecule has 1 atom stereocenters. The van der Waals surface area contributed by atoms with E-state index in [1.165, 1.54) is 12.1 Å². The van der Waals surface area contributed by atoms with E-state index in [0.29, 0.717) is 10.7 Å². The second-order valence-corrected chi connectivity index (χ2v) is 8.49. The number of aryl methyl sites for hydroxylation is 1. The van der Waals surface area contributed by atoms with Crippen molar-refractivity contribution in [3.8, 4) is 0 Å². The molecule has 0 radical (unpaired) electrons. The molecule has 1 aliphatic rings. The van der Waals surface area contributed by atoms with Gasteiger partial charge in [0.25, 0.3) is 0 Å². The van der Waals surface area contributed by atoms with Crippen LogP contribution in [0.25, 0.3) is 0 Å². The van der Waals surface area contributed by atoms with Gasteiger partial charge >= 0.3 is 0 Å². The van der Waals surface area contributed by atoms with Crippen LogP contribution < -0.4 is 4.90 Å². The molecule has 1 heterocycles. The topological polar surface area (TPSA) is 57.7 Å². The number of halogens is 2. The molecule has 0 saturated carbocycles. The van der Waals surface area contributed by atoms with Gasteiger partial charge in [-0.2, -0.15) is 4.31 Å². The standard InChI is InChI=1S/C18H18ClFN2O3S/c1-12-11-14(19)3-8-17(12)21-9-10-22(13(2)18(21)23)26(24,25)16-6-4-15(20)5-7-16/h3-8,11,13H,9-10H2,1-2H3. The van der Waals surface area contributed by atoms with Crippen LogP contribution in [0.1, 0.15) is 12.5 Å². The van der Waals surface area contributed by atoms with E-state index in [9.17, 15) is 17.6 Å². The Hall–Kier alpha value is -1.96. The molecule has 1 fully saturated rings. The summed E-state index contributed by atoms with van der Waals surface area (Å²) in [4.78, 5) is 14.4. The first-order valence-electron chi connectivity index (χ1n) is 8.07. The Morgan fingerprint density at radius 2 is 1.77 bits per heavy atom. The Morgan fingerprint density at radius 3 is 2.38 bits per heavy atom. The highest BCUT2D eigenvalue weighted by Crippen LogP contribution is 2.29. The highest BCUT2D eigenvalue weighted by molar-refractivity contribution is 7.89. The quantitative estimate of drug-likeness (QED) is 0.800. The van der Waals surface area contributed by atoms with Gasteiger partial charge in [-0.3, -0.25) is 4.79 Å². The normalized spacial score (nSPS) is 19.0. The predicted molar refractivity (Wildman–Crippen MR) is 98.3 cm³/mol. The van der Waals surface area contributed by atoms with Crippen LogP contribution in [0, 0.1) is 12.7 Å². The summed E-state index contributed by atoms with van der Waals surface area (Å²) >= 11 is 5.97. The van der Waals surface area contributed by atoms with Gasteiger partial charge in [0.05, 0.1) is 4.90 Å². The fourth-order valence-electron chi connectivity index (χ4n) is 3.08. The lowest BCUT2D eigenvalue weighted by Crippen LogP contribution is -2.57. The second-order valence-electron chi connectivity index (χ2n) is 6.17. The van der Waals surface area contributed by atoms with E-state index in [1.807, 2.05) is 6.92 Å². The Kier molecular flexibility index (Phi) is 5.05. The lowest BCUT2D eigenvalue weighted by Gasteiger charge is -2.38. The van der Waals surface area contributed by atoms with E-state index < -0.39 is 21.9 Å². The maximum absolute atomic E-state index is 13.1. The molecule has 26 heavy (non-hydrogen) atoms. The predicted octanol–water partition coefficient (Wildman–Crippen LogP) is 3.21. The number of rotatable bonds is 3. The molecular weight excluding hydrogens is 379 g/mol. The maximum atomic E-state index is 13.1. The molecule has 5 nitrogen and oxygen atoms in total. The van der Waals surface area contributed by atoms with Gasteiger partial charge in [-0.25, -0.2) is 12.8 Å². The van der Waals surface area contributed by atoms with Gasteiger partial charge in [0, 0.05) is 23.8 Å². The SMILES string of the molecule is Cc1cc(Cl)ccc1N1CCN(S(=O)(=O)c2ccc(F)cc2)C(C)C1=O. The zero-order chi connectivity index (χ0) is 19.1. The molecule has 1 amide bonds. The van der Waals surface area contributed by atoms with Crippen LogP contribution in [0.15, 0.2) is 47.4 Å². The molecule has 138 valence electrons. The van der Waals surface area contributed by atoms with Gasteiger partial charge in [-0.15, -0.1) is 0 Å². The summed E-state index contributed by atoms with van der Waals surface area (Å²) in [6.07, 6.45) is 0. The zero-order valence-electron chi connectivity index (χ0n) is 14.3. The maximum Gasteiger partial charge on any atom is 0.245 e. The molecule has 2 aromatic carbocycles. The Balaban J connectivity index is 1.89. The number of piperazine rings is 1. The first-order chi connectivity index (χ1) is 12.2. The van der Waals surface area contributed by atoms with Crippen LogP contribution in [0.3, 0.4) is 0 Å². The average molecular weight is 397 g/mol. The first kappa shape index (κ1) is 18.8. The monoisotopic (exact) mass is 396 g/mol. The second kappa shape index (κ2) is 6.98. The molecule has 0 aliphatic carbocycles. The number of anilines is 1. The van der Waals surface area contributed by atoms with E-state index in [4.69, 9.17) is 11.6 Å². The third kappa shape index (κ3) is 3.34. The number of sulfonamides is 1. The molecule has 0 bridgehead atoms. The molecule has 0 spiro atoms. The summed E-state index contributed by atoms with van der Waals surface area (Å²) < 4.78 is 39.9. The van der Waals surface area contributed by atoms with Crippen LogP contribution in [0.2, 0.25) is 5.02 Å². The van der Waals surface area contributed by atoms with Gasteiger partial charge in [-0.05, 0) is 61.9 Å². The van der Waals surface area contributed by atoms with E-state index in [2.05, 4.69) is 0 Å². The van der Waals surface area contributed by atoms with E-state index in [-0.39, 0.29) is 23.9 Å². The minimum Gasteiger partial charge on any atom is -0.309 e. The molecule has 1 saturated heterocycles. The molecule has 0 N–H and O–H groups in total. The summed E-state index contributed by atoms with van der Waals surface area (Å²) in [5, 5.41) is 0.573. The summed E-state index contributed by atoms with van der Waals surface area (Å²) in [6, 6.07) is 8.94. The van der Waals surface area contributed by atoms with Gasteiger partial charge in [0.2, 0.25) is 15.9 Å².